The minimum Gasteiger partial charge on any atom is -0.508 e. The predicted octanol–water partition coefficient (Wildman–Crippen LogP) is 3.64. The Balaban J connectivity index is 1.87. The van der Waals surface area contributed by atoms with Crippen LogP contribution < -0.4 is 5.32 Å². The monoisotopic (exact) mass is 245 g/mol. The highest BCUT2D eigenvalue weighted by molar-refractivity contribution is 5.51. The first-order valence-electron chi connectivity index (χ1n) is 7.20. The molecule has 4 unspecified atom stereocenters. The Kier molecular flexibility index (Phi) is 2.86. The van der Waals surface area contributed by atoms with E-state index in [0.717, 1.165) is 12.3 Å². The van der Waals surface area contributed by atoms with Crippen LogP contribution in [0.2, 0.25) is 0 Å². The average Bonchev–Trinajstić information content (AvgIpc) is 3.00. The Morgan fingerprint density at radius 3 is 2.72 bits per heavy atom. The number of aryl methyl sites for hydroxylation is 1. The van der Waals surface area contributed by atoms with Crippen LogP contribution in [0.25, 0.3) is 0 Å². The molecule has 0 aromatic heterocycles. The summed E-state index contributed by atoms with van der Waals surface area (Å²) in [6.45, 7) is 6.69. The van der Waals surface area contributed by atoms with E-state index < -0.39 is 0 Å². The fourth-order valence-corrected chi connectivity index (χ4v) is 3.66. The summed E-state index contributed by atoms with van der Waals surface area (Å²) in [6, 6.07) is 4.93. The van der Waals surface area contributed by atoms with Crippen LogP contribution in [0.5, 0.6) is 5.75 Å². The van der Waals surface area contributed by atoms with Crippen LogP contribution in [-0.2, 0) is 0 Å². The van der Waals surface area contributed by atoms with Gasteiger partial charge in [0.1, 0.15) is 5.75 Å². The van der Waals surface area contributed by atoms with E-state index in [1.165, 1.54) is 29.5 Å². The zero-order valence-corrected chi connectivity index (χ0v) is 11.5. The molecule has 0 aliphatic heterocycles. The lowest BCUT2D eigenvalue weighted by Crippen LogP contribution is -2.23. The Morgan fingerprint density at radius 1 is 1.28 bits per heavy atom. The van der Waals surface area contributed by atoms with Gasteiger partial charge in [0.25, 0.3) is 0 Å². The van der Waals surface area contributed by atoms with Gasteiger partial charge in [-0.05, 0) is 48.8 Å². The normalized spacial score (nSPS) is 33.5. The summed E-state index contributed by atoms with van der Waals surface area (Å²) >= 11 is 0. The van der Waals surface area contributed by atoms with E-state index in [2.05, 4.69) is 26.1 Å². The van der Waals surface area contributed by atoms with Crippen molar-refractivity contribution in [2.45, 2.75) is 58.0 Å². The molecule has 2 heteroatoms. The maximum atomic E-state index is 10.2. The molecule has 2 nitrogen and oxygen atoms in total. The lowest BCUT2D eigenvalue weighted by atomic mass is 9.97. The molecule has 0 heterocycles. The highest BCUT2D eigenvalue weighted by atomic mass is 16.3. The second kappa shape index (κ2) is 4.27. The molecule has 0 saturated heterocycles. The lowest BCUT2D eigenvalue weighted by molar-refractivity contribution is 0.439. The number of aromatic hydroxyl groups is 1. The molecule has 2 aliphatic carbocycles. The molecule has 0 amide bonds. The van der Waals surface area contributed by atoms with E-state index in [4.69, 9.17) is 0 Å². The number of rotatable bonds is 3. The molecule has 1 fully saturated rings. The molecule has 98 valence electrons. The molecular formula is C16H23NO. The summed E-state index contributed by atoms with van der Waals surface area (Å²) in [7, 11) is 0. The molecule has 1 saturated carbocycles. The molecule has 2 N–H and O–H groups in total. The minimum atomic E-state index is 0.358. The molecule has 0 radical (unpaired) electrons. The number of hydrogen-bond acceptors (Lipinski definition) is 2. The van der Waals surface area contributed by atoms with Gasteiger partial charge in [-0.2, -0.15) is 0 Å². The molecule has 1 aromatic carbocycles. The molecule has 3 rings (SSSR count). The third-order valence-corrected chi connectivity index (χ3v) is 4.77. The van der Waals surface area contributed by atoms with Gasteiger partial charge in [0.05, 0.1) is 0 Å². The highest BCUT2D eigenvalue weighted by Crippen LogP contribution is 2.47. The summed E-state index contributed by atoms with van der Waals surface area (Å²) in [6.07, 6.45) is 3.70. The third kappa shape index (κ3) is 1.83. The number of hydrogen-bond donors (Lipinski definition) is 2. The maximum absolute atomic E-state index is 10.2. The predicted molar refractivity (Wildman–Crippen MR) is 73.9 cm³/mol. The first kappa shape index (κ1) is 12.0. The number of nitrogens with one attached hydrogen (secondary N) is 1. The van der Waals surface area contributed by atoms with Gasteiger partial charge in [-0.3, -0.25) is 0 Å². The molecule has 1 aromatic rings. The van der Waals surface area contributed by atoms with E-state index in [0.29, 0.717) is 23.8 Å². The average molecular weight is 245 g/mol. The Labute approximate surface area is 109 Å². The summed E-state index contributed by atoms with van der Waals surface area (Å²) in [4.78, 5) is 0. The van der Waals surface area contributed by atoms with Crippen molar-refractivity contribution in [3.05, 3.63) is 28.8 Å². The summed E-state index contributed by atoms with van der Waals surface area (Å²) in [5.74, 6) is 1.89. The number of phenols is 1. The fraction of sp³-hybridized carbons (Fsp3) is 0.625. The third-order valence-electron chi connectivity index (χ3n) is 4.77. The molecule has 0 bridgehead atoms. The SMILES string of the molecule is CCC1CC1NC1CC(C)c2c(C)ccc(O)c21. The number of fused-ring (bicyclic) bond motifs is 1. The van der Waals surface area contributed by atoms with Crippen LogP contribution in [0.15, 0.2) is 12.1 Å². The Hall–Kier alpha value is -1.02. The van der Waals surface area contributed by atoms with Crippen molar-refractivity contribution in [3.63, 3.8) is 0 Å². The maximum Gasteiger partial charge on any atom is 0.120 e. The first-order chi connectivity index (χ1) is 8.61. The second-order valence-corrected chi connectivity index (χ2v) is 6.10. The second-order valence-electron chi connectivity index (χ2n) is 6.10. The lowest BCUT2D eigenvalue weighted by Gasteiger charge is -2.16. The summed E-state index contributed by atoms with van der Waals surface area (Å²) in [5.41, 5.74) is 3.87. The summed E-state index contributed by atoms with van der Waals surface area (Å²) < 4.78 is 0. The van der Waals surface area contributed by atoms with Crippen molar-refractivity contribution in [1.82, 2.24) is 5.32 Å². The molecule has 0 spiro atoms. The van der Waals surface area contributed by atoms with Gasteiger partial charge in [-0.25, -0.2) is 0 Å². The van der Waals surface area contributed by atoms with E-state index in [1.54, 1.807) is 0 Å². The Bertz CT molecular complexity index is 468. The van der Waals surface area contributed by atoms with Crippen molar-refractivity contribution >= 4 is 0 Å². The largest absolute Gasteiger partial charge is 0.508 e. The molecule has 2 aliphatic rings. The van der Waals surface area contributed by atoms with Crippen molar-refractivity contribution in [2.75, 3.05) is 0 Å². The van der Waals surface area contributed by atoms with Gasteiger partial charge in [-0.15, -0.1) is 0 Å². The number of benzene rings is 1. The summed E-state index contributed by atoms with van der Waals surface area (Å²) in [5, 5.41) is 13.9. The van der Waals surface area contributed by atoms with Gasteiger partial charge in [0.2, 0.25) is 0 Å². The molecule has 18 heavy (non-hydrogen) atoms. The van der Waals surface area contributed by atoms with Gasteiger partial charge < -0.3 is 10.4 Å². The van der Waals surface area contributed by atoms with Gasteiger partial charge in [0, 0.05) is 17.6 Å². The molecule has 4 atom stereocenters. The molecular weight excluding hydrogens is 222 g/mol. The van der Waals surface area contributed by atoms with E-state index >= 15 is 0 Å². The first-order valence-corrected chi connectivity index (χ1v) is 7.20. The fourth-order valence-electron chi connectivity index (χ4n) is 3.66. The van der Waals surface area contributed by atoms with Gasteiger partial charge in [-0.1, -0.05) is 26.3 Å². The van der Waals surface area contributed by atoms with Crippen LogP contribution >= 0.6 is 0 Å². The smallest absolute Gasteiger partial charge is 0.120 e. The van der Waals surface area contributed by atoms with Crippen molar-refractivity contribution in [3.8, 4) is 5.75 Å². The van der Waals surface area contributed by atoms with Crippen LogP contribution in [0, 0.1) is 12.8 Å². The standard InChI is InChI=1S/C16H23NO/c1-4-11-8-12(11)17-13-7-10(3)15-9(2)5-6-14(18)16(13)15/h5-6,10-13,17-18H,4,7-8H2,1-3H3. The van der Waals surface area contributed by atoms with Crippen LogP contribution in [0.4, 0.5) is 0 Å². The van der Waals surface area contributed by atoms with Gasteiger partial charge in [0.15, 0.2) is 0 Å². The van der Waals surface area contributed by atoms with Crippen molar-refractivity contribution in [1.29, 1.82) is 0 Å². The highest BCUT2D eigenvalue weighted by Gasteiger charge is 2.40. The van der Waals surface area contributed by atoms with Gasteiger partial charge >= 0.3 is 0 Å². The minimum absolute atomic E-state index is 0.358. The Morgan fingerprint density at radius 2 is 2.06 bits per heavy atom. The zero-order valence-electron chi connectivity index (χ0n) is 11.5. The van der Waals surface area contributed by atoms with E-state index in [9.17, 15) is 5.11 Å². The van der Waals surface area contributed by atoms with E-state index in [-0.39, 0.29) is 0 Å². The van der Waals surface area contributed by atoms with Crippen molar-refractivity contribution in [2.24, 2.45) is 5.92 Å². The van der Waals surface area contributed by atoms with E-state index in [1.807, 2.05) is 12.1 Å². The van der Waals surface area contributed by atoms with Crippen LogP contribution in [0.3, 0.4) is 0 Å². The quantitative estimate of drug-likeness (QED) is 0.852. The van der Waals surface area contributed by atoms with Crippen LogP contribution in [-0.4, -0.2) is 11.1 Å². The zero-order chi connectivity index (χ0) is 12.9. The topological polar surface area (TPSA) is 32.3 Å². The van der Waals surface area contributed by atoms with Crippen molar-refractivity contribution < 1.29 is 5.11 Å². The van der Waals surface area contributed by atoms with Crippen LogP contribution in [0.1, 0.15) is 61.8 Å². The number of phenolic OH excluding ortho intramolecular Hbond substituents is 1.